The van der Waals surface area contributed by atoms with Crippen molar-refractivity contribution in [3.8, 4) is 0 Å². The van der Waals surface area contributed by atoms with Gasteiger partial charge in [0.2, 0.25) is 0 Å². The van der Waals surface area contributed by atoms with Gasteiger partial charge in [-0.15, -0.1) is 0 Å². The molecule has 0 aromatic rings. The van der Waals surface area contributed by atoms with Gasteiger partial charge in [0.1, 0.15) is 5.60 Å². The fraction of sp³-hybridized carbons (Fsp3) is 0.812. The number of hydrogen-bond acceptors (Lipinski definition) is 2. The molecule has 2 bridgehead atoms. The Morgan fingerprint density at radius 3 is 2.78 bits per heavy atom. The van der Waals surface area contributed by atoms with Gasteiger partial charge in [-0.2, -0.15) is 0 Å². The lowest BCUT2D eigenvalue weighted by atomic mass is 9.71. The van der Waals surface area contributed by atoms with Crippen LogP contribution in [0.25, 0.3) is 0 Å². The summed E-state index contributed by atoms with van der Waals surface area (Å²) in [5.41, 5.74) is 0.375. The molecule has 100 valence electrons. The minimum atomic E-state index is -0.182. The van der Waals surface area contributed by atoms with Crippen LogP contribution in [0.2, 0.25) is 0 Å². The molecule has 0 spiro atoms. The van der Waals surface area contributed by atoms with Gasteiger partial charge in [-0.25, -0.2) is 4.79 Å². The highest BCUT2D eigenvalue weighted by Gasteiger charge is 2.61. The molecule has 0 aromatic heterocycles. The molecule has 0 aromatic carbocycles. The Bertz CT molecular complexity index is 387. The van der Waals surface area contributed by atoms with E-state index < -0.39 is 0 Å². The lowest BCUT2D eigenvalue weighted by molar-refractivity contribution is -0.165. The van der Waals surface area contributed by atoms with Crippen LogP contribution in [0.5, 0.6) is 0 Å². The molecule has 0 heterocycles. The molecule has 0 radical (unpaired) electrons. The third-order valence-corrected chi connectivity index (χ3v) is 5.83. The van der Waals surface area contributed by atoms with Gasteiger partial charge in [0, 0.05) is 11.5 Å². The van der Waals surface area contributed by atoms with E-state index >= 15 is 0 Å². The van der Waals surface area contributed by atoms with Gasteiger partial charge in [0.15, 0.2) is 0 Å². The highest BCUT2D eigenvalue weighted by molar-refractivity contribution is 5.87. The van der Waals surface area contributed by atoms with Crippen LogP contribution in [0.1, 0.15) is 52.4 Å². The van der Waals surface area contributed by atoms with Crippen molar-refractivity contribution >= 4 is 5.97 Å². The SMILES string of the molecule is C=C(C)C(=O)O[C@@]1(CC)C[C@H]2C[C@@H]1[C@H]1CCC[C@@H]21. The van der Waals surface area contributed by atoms with Crippen molar-refractivity contribution in [3.63, 3.8) is 0 Å². The normalized spacial score (nSPS) is 45.0. The Kier molecular flexibility index (Phi) is 2.80. The molecule has 2 heteroatoms. The standard InChI is InChI=1S/C16H24O2/c1-4-16(18-15(17)10(2)3)9-11-8-14(16)13-7-5-6-12(11)13/h11-14H,2,4-9H2,1,3H3/t11-,12+,13+,14-,16+/m1/s1. The molecular formula is C16H24O2. The Morgan fingerprint density at radius 1 is 1.39 bits per heavy atom. The molecule has 0 saturated heterocycles. The summed E-state index contributed by atoms with van der Waals surface area (Å²) in [5.74, 6) is 3.04. The second kappa shape index (κ2) is 4.11. The van der Waals surface area contributed by atoms with E-state index in [0.717, 1.165) is 30.6 Å². The molecule has 0 N–H and O–H groups in total. The van der Waals surface area contributed by atoms with Crippen LogP contribution in [0.15, 0.2) is 12.2 Å². The zero-order valence-electron chi connectivity index (χ0n) is 11.6. The van der Waals surface area contributed by atoms with E-state index in [1.54, 1.807) is 6.92 Å². The van der Waals surface area contributed by atoms with Gasteiger partial charge in [-0.1, -0.05) is 19.9 Å². The smallest absolute Gasteiger partial charge is 0.333 e. The summed E-state index contributed by atoms with van der Waals surface area (Å²) in [6.07, 6.45) is 7.53. The quantitative estimate of drug-likeness (QED) is 0.562. The Morgan fingerprint density at radius 2 is 2.11 bits per heavy atom. The van der Waals surface area contributed by atoms with Gasteiger partial charge in [-0.05, 0) is 56.8 Å². The predicted octanol–water partition coefficient (Wildman–Crippen LogP) is 3.71. The molecule has 0 unspecified atom stereocenters. The molecule has 3 fully saturated rings. The summed E-state index contributed by atoms with van der Waals surface area (Å²) >= 11 is 0. The minimum absolute atomic E-state index is 0.161. The average molecular weight is 248 g/mol. The van der Waals surface area contributed by atoms with E-state index in [-0.39, 0.29) is 11.6 Å². The largest absolute Gasteiger partial charge is 0.455 e. The second-order valence-electron chi connectivity index (χ2n) is 6.65. The van der Waals surface area contributed by atoms with Crippen molar-refractivity contribution in [2.45, 2.75) is 58.0 Å². The molecule has 5 atom stereocenters. The lowest BCUT2D eigenvalue weighted by Gasteiger charge is -2.41. The van der Waals surface area contributed by atoms with Crippen LogP contribution in [0, 0.1) is 23.7 Å². The predicted molar refractivity (Wildman–Crippen MR) is 71.0 cm³/mol. The van der Waals surface area contributed by atoms with Crippen molar-refractivity contribution in [1.29, 1.82) is 0 Å². The second-order valence-corrected chi connectivity index (χ2v) is 6.65. The van der Waals surface area contributed by atoms with Gasteiger partial charge in [0.05, 0.1) is 0 Å². The first-order valence-electron chi connectivity index (χ1n) is 7.46. The molecule has 0 amide bonds. The maximum Gasteiger partial charge on any atom is 0.333 e. The van der Waals surface area contributed by atoms with Crippen molar-refractivity contribution in [3.05, 3.63) is 12.2 Å². The number of fused-ring (bicyclic) bond motifs is 5. The van der Waals surface area contributed by atoms with Crippen molar-refractivity contribution in [1.82, 2.24) is 0 Å². The summed E-state index contributed by atoms with van der Waals surface area (Å²) in [7, 11) is 0. The van der Waals surface area contributed by atoms with Gasteiger partial charge in [-0.3, -0.25) is 0 Å². The number of ether oxygens (including phenoxy) is 1. The van der Waals surface area contributed by atoms with E-state index in [0.29, 0.717) is 11.5 Å². The molecule has 3 rings (SSSR count). The van der Waals surface area contributed by atoms with E-state index in [9.17, 15) is 4.79 Å². The Hall–Kier alpha value is -0.790. The first-order valence-corrected chi connectivity index (χ1v) is 7.46. The summed E-state index contributed by atoms with van der Waals surface area (Å²) in [6.45, 7) is 7.64. The van der Waals surface area contributed by atoms with Crippen molar-refractivity contribution in [2.75, 3.05) is 0 Å². The van der Waals surface area contributed by atoms with Gasteiger partial charge < -0.3 is 4.74 Å². The molecule has 3 aliphatic rings. The van der Waals surface area contributed by atoms with Crippen LogP contribution in [0.3, 0.4) is 0 Å². The molecule has 3 aliphatic carbocycles. The zero-order chi connectivity index (χ0) is 12.9. The van der Waals surface area contributed by atoms with Crippen LogP contribution < -0.4 is 0 Å². The molecular weight excluding hydrogens is 224 g/mol. The van der Waals surface area contributed by atoms with Crippen molar-refractivity contribution in [2.24, 2.45) is 23.7 Å². The van der Waals surface area contributed by atoms with Gasteiger partial charge >= 0.3 is 5.97 Å². The third-order valence-electron chi connectivity index (χ3n) is 5.83. The number of esters is 1. The fourth-order valence-electron chi connectivity index (χ4n) is 5.08. The molecule has 3 saturated carbocycles. The minimum Gasteiger partial charge on any atom is -0.455 e. The van der Waals surface area contributed by atoms with Crippen molar-refractivity contribution < 1.29 is 9.53 Å². The Labute approximate surface area is 110 Å². The van der Waals surface area contributed by atoms with Crippen LogP contribution in [-0.2, 0) is 9.53 Å². The molecule has 0 aliphatic heterocycles. The van der Waals surface area contributed by atoms with E-state index in [1.807, 2.05) is 0 Å². The van der Waals surface area contributed by atoms with Crippen LogP contribution in [0.4, 0.5) is 0 Å². The summed E-state index contributed by atoms with van der Waals surface area (Å²) in [4.78, 5) is 11.9. The third kappa shape index (κ3) is 1.57. The summed E-state index contributed by atoms with van der Waals surface area (Å²) in [6, 6.07) is 0. The average Bonchev–Trinajstić information content (AvgIpc) is 2.99. The first kappa shape index (κ1) is 12.3. The topological polar surface area (TPSA) is 26.3 Å². The van der Waals surface area contributed by atoms with E-state index in [4.69, 9.17) is 4.74 Å². The maximum absolute atomic E-state index is 11.9. The summed E-state index contributed by atoms with van der Waals surface area (Å²) in [5, 5.41) is 0. The lowest BCUT2D eigenvalue weighted by Crippen LogP contribution is -2.44. The summed E-state index contributed by atoms with van der Waals surface area (Å²) < 4.78 is 5.91. The van der Waals surface area contributed by atoms with Crippen LogP contribution in [-0.4, -0.2) is 11.6 Å². The highest BCUT2D eigenvalue weighted by atomic mass is 16.6. The number of rotatable bonds is 3. The fourth-order valence-corrected chi connectivity index (χ4v) is 5.08. The monoisotopic (exact) mass is 248 g/mol. The van der Waals surface area contributed by atoms with Crippen LogP contribution >= 0.6 is 0 Å². The Balaban J connectivity index is 1.82. The van der Waals surface area contributed by atoms with Gasteiger partial charge in [0.25, 0.3) is 0 Å². The number of hydrogen-bond donors (Lipinski definition) is 0. The molecule has 18 heavy (non-hydrogen) atoms. The molecule has 2 nitrogen and oxygen atoms in total. The highest BCUT2D eigenvalue weighted by Crippen LogP contribution is 2.64. The maximum atomic E-state index is 11.9. The van der Waals surface area contributed by atoms with E-state index in [1.165, 1.54) is 25.7 Å². The van der Waals surface area contributed by atoms with E-state index in [2.05, 4.69) is 13.5 Å². The number of carbonyl (C=O) groups excluding carboxylic acids is 1. The number of carbonyl (C=O) groups is 1. The zero-order valence-corrected chi connectivity index (χ0v) is 11.6. The first-order chi connectivity index (χ1) is 8.57.